The Morgan fingerprint density at radius 3 is 2.31 bits per heavy atom. The predicted octanol–water partition coefficient (Wildman–Crippen LogP) is 3.49. The molecule has 0 aromatic heterocycles. The normalized spacial score (nSPS) is 14.5. The Hall–Kier alpha value is -4.83. The number of ether oxygens (including phenoxy) is 1. The van der Waals surface area contributed by atoms with E-state index < -0.39 is 23.8 Å². The van der Waals surface area contributed by atoms with E-state index in [4.69, 9.17) is 17.0 Å². The maximum atomic E-state index is 13.3. The molecule has 0 spiro atoms. The first-order chi connectivity index (χ1) is 17.2. The molecule has 0 radical (unpaired) electrons. The number of amides is 2. The molecule has 1 aliphatic rings. The molecule has 0 atom stereocenters. The standard InChI is InChI=1S/C26H18N2O7S/c29-22-20(23(30)28(26(36)27-22)19-9-4-8-18(12-19)25(33)34)13-16-6-1-2-10-21(16)35-14-15-5-3-7-17(11-15)24(31)32/h1-13H,14H2,(H,31,32)(H,33,34)(H,27,29,36). The van der Waals surface area contributed by atoms with Gasteiger partial charge in [-0.3, -0.25) is 19.8 Å². The molecule has 3 aromatic carbocycles. The molecule has 36 heavy (non-hydrogen) atoms. The fourth-order valence-corrected chi connectivity index (χ4v) is 3.79. The summed E-state index contributed by atoms with van der Waals surface area (Å²) in [5.41, 5.74) is 1.10. The van der Waals surface area contributed by atoms with E-state index in [1.807, 2.05) is 0 Å². The quantitative estimate of drug-likeness (QED) is 0.254. The Bertz CT molecular complexity index is 1450. The molecular formula is C26H18N2O7S. The van der Waals surface area contributed by atoms with Gasteiger partial charge in [-0.1, -0.05) is 36.4 Å². The second-order valence-electron chi connectivity index (χ2n) is 7.65. The summed E-state index contributed by atoms with van der Waals surface area (Å²) in [6.07, 6.45) is 1.36. The van der Waals surface area contributed by atoms with Crippen LogP contribution >= 0.6 is 12.2 Å². The topological polar surface area (TPSA) is 133 Å². The third-order valence-corrected chi connectivity index (χ3v) is 5.52. The number of nitrogens with one attached hydrogen (secondary N) is 1. The zero-order valence-electron chi connectivity index (χ0n) is 18.5. The summed E-state index contributed by atoms with van der Waals surface area (Å²) in [6.45, 7) is 0.0552. The van der Waals surface area contributed by atoms with Crippen molar-refractivity contribution in [2.75, 3.05) is 4.90 Å². The van der Waals surface area contributed by atoms with Gasteiger partial charge in [0.25, 0.3) is 11.8 Å². The number of hydrogen-bond acceptors (Lipinski definition) is 6. The third-order valence-electron chi connectivity index (χ3n) is 5.24. The van der Waals surface area contributed by atoms with E-state index in [2.05, 4.69) is 5.32 Å². The SMILES string of the molecule is O=C1NC(=S)N(c2cccc(C(=O)O)c2)C(=O)C1=Cc1ccccc1OCc1cccc(C(=O)O)c1. The van der Waals surface area contributed by atoms with Gasteiger partial charge in [-0.25, -0.2) is 9.59 Å². The number of para-hydroxylation sites is 1. The van der Waals surface area contributed by atoms with Gasteiger partial charge in [-0.2, -0.15) is 0 Å². The fraction of sp³-hybridized carbons (Fsp3) is 0.0385. The molecule has 1 aliphatic heterocycles. The van der Waals surface area contributed by atoms with Gasteiger partial charge < -0.3 is 14.9 Å². The van der Waals surface area contributed by atoms with Gasteiger partial charge in [0.1, 0.15) is 17.9 Å². The molecule has 1 fully saturated rings. The molecule has 9 nitrogen and oxygen atoms in total. The molecule has 1 heterocycles. The van der Waals surface area contributed by atoms with Crippen molar-refractivity contribution >= 4 is 52.8 Å². The van der Waals surface area contributed by atoms with Crippen molar-refractivity contribution in [3.05, 3.63) is 101 Å². The first-order valence-corrected chi connectivity index (χ1v) is 10.9. The average molecular weight is 503 g/mol. The van der Waals surface area contributed by atoms with Crippen molar-refractivity contribution < 1.29 is 34.1 Å². The molecule has 4 rings (SSSR count). The zero-order chi connectivity index (χ0) is 25.8. The summed E-state index contributed by atoms with van der Waals surface area (Å²) in [5.74, 6) is -3.30. The van der Waals surface area contributed by atoms with Gasteiger partial charge in [0.15, 0.2) is 5.11 Å². The van der Waals surface area contributed by atoms with E-state index in [1.165, 1.54) is 42.5 Å². The number of carboxylic acids is 2. The minimum Gasteiger partial charge on any atom is -0.488 e. The second-order valence-corrected chi connectivity index (χ2v) is 8.03. The largest absolute Gasteiger partial charge is 0.488 e. The van der Waals surface area contributed by atoms with E-state index in [1.54, 1.807) is 36.4 Å². The minimum atomic E-state index is -1.17. The lowest BCUT2D eigenvalue weighted by molar-refractivity contribution is -0.122. The van der Waals surface area contributed by atoms with Crippen LogP contribution in [0.25, 0.3) is 6.08 Å². The Labute approximate surface area is 210 Å². The maximum absolute atomic E-state index is 13.3. The van der Waals surface area contributed by atoms with Crippen LogP contribution in [-0.2, 0) is 16.2 Å². The van der Waals surface area contributed by atoms with Crippen molar-refractivity contribution in [1.29, 1.82) is 0 Å². The summed E-state index contributed by atoms with van der Waals surface area (Å²) in [4.78, 5) is 49.6. The van der Waals surface area contributed by atoms with E-state index >= 15 is 0 Å². The number of nitrogens with zero attached hydrogens (tertiary/aromatic N) is 1. The fourth-order valence-electron chi connectivity index (χ4n) is 3.51. The molecule has 10 heteroatoms. The van der Waals surface area contributed by atoms with Crippen LogP contribution in [0.15, 0.2) is 78.4 Å². The Kier molecular flexibility index (Phi) is 6.88. The molecule has 0 unspecified atom stereocenters. The monoisotopic (exact) mass is 502 g/mol. The number of hydrogen-bond donors (Lipinski definition) is 3. The molecule has 3 N–H and O–H groups in total. The van der Waals surface area contributed by atoms with Crippen LogP contribution in [0.5, 0.6) is 5.75 Å². The van der Waals surface area contributed by atoms with Crippen molar-refractivity contribution in [3.63, 3.8) is 0 Å². The van der Waals surface area contributed by atoms with Gasteiger partial charge in [0.2, 0.25) is 0 Å². The molecular weight excluding hydrogens is 484 g/mol. The number of thiocarbonyl (C=S) groups is 1. The van der Waals surface area contributed by atoms with Crippen LogP contribution in [0.2, 0.25) is 0 Å². The Balaban J connectivity index is 1.63. The highest BCUT2D eigenvalue weighted by Gasteiger charge is 2.35. The second kappa shape index (κ2) is 10.2. The Morgan fingerprint density at radius 1 is 0.917 bits per heavy atom. The highest BCUT2D eigenvalue weighted by Crippen LogP contribution is 2.26. The molecule has 0 bridgehead atoms. The molecule has 2 amide bonds. The number of anilines is 1. The summed E-state index contributed by atoms with van der Waals surface area (Å²) >= 11 is 5.17. The summed E-state index contributed by atoms with van der Waals surface area (Å²) < 4.78 is 5.86. The van der Waals surface area contributed by atoms with Gasteiger partial charge in [-0.05, 0) is 60.3 Å². The maximum Gasteiger partial charge on any atom is 0.335 e. The van der Waals surface area contributed by atoms with Crippen molar-refractivity contribution in [1.82, 2.24) is 5.32 Å². The average Bonchev–Trinajstić information content (AvgIpc) is 2.86. The van der Waals surface area contributed by atoms with E-state index in [0.717, 1.165) is 4.90 Å². The van der Waals surface area contributed by atoms with E-state index in [9.17, 15) is 29.4 Å². The van der Waals surface area contributed by atoms with Gasteiger partial charge in [0, 0.05) is 5.56 Å². The summed E-state index contributed by atoms with van der Waals surface area (Å²) in [7, 11) is 0. The summed E-state index contributed by atoms with van der Waals surface area (Å²) in [5, 5.41) is 20.7. The molecule has 180 valence electrons. The molecule has 3 aromatic rings. The van der Waals surface area contributed by atoms with Crippen molar-refractivity contribution in [2.24, 2.45) is 0 Å². The highest BCUT2D eigenvalue weighted by molar-refractivity contribution is 7.80. The molecule has 1 saturated heterocycles. The number of carbonyl (C=O) groups is 4. The van der Waals surface area contributed by atoms with Crippen LogP contribution in [0.1, 0.15) is 31.8 Å². The third kappa shape index (κ3) is 5.13. The summed E-state index contributed by atoms with van der Waals surface area (Å²) in [6, 6.07) is 18.6. The van der Waals surface area contributed by atoms with E-state index in [-0.39, 0.29) is 34.1 Å². The van der Waals surface area contributed by atoms with Crippen LogP contribution in [0.3, 0.4) is 0 Å². The van der Waals surface area contributed by atoms with Crippen LogP contribution in [0.4, 0.5) is 5.69 Å². The molecule has 0 aliphatic carbocycles. The lowest BCUT2D eigenvalue weighted by Crippen LogP contribution is -2.54. The van der Waals surface area contributed by atoms with Crippen molar-refractivity contribution in [2.45, 2.75) is 6.61 Å². The van der Waals surface area contributed by atoms with Crippen LogP contribution in [-0.4, -0.2) is 39.1 Å². The lowest BCUT2D eigenvalue weighted by Gasteiger charge is -2.29. The van der Waals surface area contributed by atoms with Crippen molar-refractivity contribution in [3.8, 4) is 5.75 Å². The lowest BCUT2D eigenvalue weighted by atomic mass is 10.1. The Morgan fingerprint density at radius 2 is 1.58 bits per heavy atom. The van der Waals surface area contributed by atoms with E-state index in [0.29, 0.717) is 16.9 Å². The van der Waals surface area contributed by atoms with Gasteiger partial charge >= 0.3 is 11.9 Å². The first-order valence-electron chi connectivity index (χ1n) is 10.5. The van der Waals surface area contributed by atoms with Gasteiger partial charge in [0.05, 0.1) is 16.8 Å². The molecule has 0 saturated carbocycles. The van der Waals surface area contributed by atoms with Crippen LogP contribution in [0, 0.1) is 0 Å². The van der Waals surface area contributed by atoms with Gasteiger partial charge in [-0.15, -0.1) is 0 Å². The van der Waals surface area contributed by atoms with Crippen LogP contribution < -0.4 is 15.0 Å². The smallest absolute Gasteiger partial charge is 0.335 e. The number of aromatic carboxylic acids is 2. The number of rotatable bonds is 7. The predicted molar refractivity (Wildman–Crippen MR) is 134 cm³/mol. The zero-order valence-corrected chi connectivity index (χ0v) is 19.3. The number of benzene rings is 3. The number of carbonyl (C=O) groups excluding carboxylic acids is 2. The first kappa shape index (κ1) is 24.3. The highest BCUT2D eigenvalue weighted by atomic mass is 32.1. The number of carboxylic acid groups (broad SMARTS) is 2. The minimum absolute atomic E-state index is 0.0451.